The van der Waals surface area contributed by atoms with Gasteiger partial charge in [0.1, 0.15) is 17.5 Å². The highest BCUT2D eigenvalue weighted by Crippen LogP contribution is 2.32. The topological polar surface area (TPSA) is 59.0 Å². The quantitative estimate of drug-likeness (QED) is 0.522. The molecule has 1 N–H and O–H groups in total. The number of aliphatic hydroxyl groups is 1. The predicted molar refractivity (Wildman–Crippen MR) is 128 cm³/mol. The first kappa shape index (κ1) is 24.3. The lowest BCUT2D eigenvalue weighted by Crippen LogP contribution is -2.46. The molecule has 2 aliphatic rings. The summed E-state index contributed by atoms with van der Waals surface area (Å²) in [5.41, 5.74) is 1.22. The summed E-state index contributed by atoms with van der Waals surface area (Å²) in [6.45, 7) is 1.69. The van der Waals surface area contributed by atoms with Gasteiger partial charge in [-0.3, -0.25) is 4.79 Å². The van der Waals surface area contributed by atoms with E-state index in [0.29, 0.717) is 42.8 Å². The molecule has 3 aromatic rings. The Labute approximate surface area is 207 Å². The lowest BCUT2D eigenvalue weighted by atomic mass is 9.91. The van der Waals surface area contributed by atoms with E-state index in [9.17, 15) is 23.1 Å². The zero-order valence-electron chi connectivity index (χ0n) is 19.5. The number of ether oxygens (including phenoxy) is 2. The van der Waals surface area contributed by atoms with E-state index in [2.05, 4.69) is 0 Å². The number of rotatable bonds is 5. The molecule has 0 unspecified atom stereocenters. The van der Waals surface area contributed by atoms with Gasteiger partial charge in [-0.2, -0.15) is 13.2 Å². The molecular formula is C28H26F3NO4. The Morgan fingerprint density at radius 3 is 1.94 bits per heavy atom. The summed E-state index contributed by atoms with van der Waals surface area (Å²) < 4.78 is 49.5. The number of amides is 1. The van der Waals surface area contributed by atoms with E-state index in [1.165, 1.54) is 12.1 Å². The number of alkyl halides is 3. The normalized spacial score (nSPS) is 17.9. The molecule has 2 heterocycles. The number of likely N-dealkylation sites (tertiary alicyclic amines) is 1. The van der Waals surface area contributed by atoms with Crippen LogP contribution in [0.5, 0.6) is 5.75 Å². The summed E-state index contributed by atoms with van der Waals surface area (Å²) in [6, 6.07) is 19.4. The zero-order valence-corrected chi connectivity index (χ0v) is 19.5. The molecule has 3 aromatic carbocycles. The van der Waals surface area contributed by atoms with Crippen LogP contribution in [0.2, 0.25) is 0 Å². The Kier molecular flexibility index (Phi) is 6.49. The summed E-state index contributed by atoms with van der Waals surface area (Å²) in [6.07, 6.45) is -2.99. The molecule has 8 heteroatoms. The van der Waals surface area contributed by atoms with Crippen molar-refractivity contribution in [3.63, 3.8) is 0 Å². The van der Waals surface area contributed by atoms with Crippen LogP contribution in [0.3, 0.4) is 0 Å². The Hall–Kier alpha value is -3.36. The maximum Gasteiger partial charge on any atom is 0.416 e. The second-order valence-corrected chi connectivity index (χ2v) is 9.31. The molecular weight excluding hydrogens is 471 g/mol. The fraction of sp³-hybridized carbons (Fsp3) is 0.321. The molecule has 5 nitrogen and oxygen atoms in total. The van der Waals surface area contributed by atoms with Crippen LogP contribution in [0.15, 0.2) is 72.8 Å². The molecule has 0 aromatic heterocycles. The van der Waals surface area contributed by atoms with Crippen molar-refractivity contribution in [2.45, 2.75) is 30.7 Å². The second kappa shape index (κ2) is 9.59. The highest BCUT2D eigenvalue weighted by molar-refractivity contribution is 5.94. The highest BCUT2D eigenvalue weighted by Gasteiger charge is 2.38. The van der Waals surface area contributed by atoms with Crippen molar-refractivity contribution in [3.8, 4) is 16.9 Å². The Morgan fingerprint density at radius 2 is 1.44 bits per heavy atom. The fourth-order valence-electron chi connectivity index (χ4n) is 4.51. The number of nitrogens with zero attached hydrogens (tertiary/aromatic N) is 1. The predicted octanol–water partition coefficient (Wildman–Crippen LogP) is 5.27. The van der Waals surface area contributed by atoms with Gasteiger partial charge < -0.3 is 19.5 Å². The van der Waals surface area contributed by atoms with Gasteiger partial charge in [0.25, 0.3) is 5.91 Å². The Morgan fingerprint density at radius 1 is 0.889 bits per heavy atom. The number of hydrogen-bond acceptors (Lipinski definition) is 4. The van der Waals surface area contributed by atoms with Gasteiger partial charge in [0.2, 0.25) is 0 Å². The highest BCUT2D eigenvalue weighted by atomic mass is 19.4. The van der Waals surface area contributed by atoms with Crippen molar-refractivity contribution < 1.29 is 32.5 Å². The molecule has 2 fully saturated rings. The first-order valence-corrected chi connectivity index (χ1v) is 11.9. The van der Waals surface area contributed by atoms with Crippen molar-refractivity contribution in [3.05, 3.63) is 89.5 Å². The van der Waals surface area contributed by atoms with Crippen LogP contribution in [0.4, 0.5) is 13.2 Å². The third kappa shape index (κ3) is 5.10. The number of piperidine rings is 1. The average molecular weight is 498 g/mol. The van der Waals surface area contributed by atoms with Gasteiger partial charge in [-0.25, -0.2) is 0 Å². The van der Waals surface area contributed by atoms with E-state index in [4.69, 9.17) is 9.47 Å². The number of hydrogen-bond donors (Lipinski definition) is 1. The molecule has 0 saturated carbocycles. The van der Waals surface area contributed by atoms with Crippen molar-refractivity contribution in [2.75, 3.05) is 26.3 Å². The first-order valence-electron chi connectivity index (χ1n) is 11.9. The molecule has 0 bridgehead atoms. The molecule has 0 spiro atoms. The van der Waals surface area contributed by atoms with Crippen LogP contribution < -0.4 is 4.74 Å². The van der Waals surface area contributed by atoms with Gasteiger partial charge in [0, 0.05) is 31.5 Å². The SMILES string of the molecule is O=C(c1ccc(C2(O)COC2)cc1)N1CCC(Oc2ccc(-c3ccc(C(F)(F)F)cc3)cc2)CC1. The molecule has 5 rings (SSSR count). The lowest BCUT2D eigenvalue weighted by molar-refractivity contribution is -0.184. The number of halogens is 3. The van der Waals surface area contributed by atoms with Crippen LogP contribution in [0.25, 0.3) is 11.1 Å². The minimum Gasteiger partial charge on any atom is -0.490 e. The molecule has 0 atom stereocenters. The molecule has 1 amide bonds. The average Bonchev–Trinajstić information content (AvgIpc) is 2.87. The summed E-state index contributed by atoms with van der Waals surface area (Å²) in [7, 11) is 0. The van der Waals surface area contributed by atoms with E-state index in [1.54, 1.807) is 24.3 Å². The van der Waals surface area contributed by atoms with Gasteiger partial charge in [-0.1, -0.05) is 36.4 Å². The van der Waals surface area contributed by atoms with Crippen LogP contribution >= 0.6 is 0 Å². The van der Waals surface area contributed by atoms with Gasteiger partial charge in [0.05, 0.1) is 18.8 Å². The number of carbonyl (C=O) groups is 1. The second-order valence-electron chi connectivity index (χ2n) is 9.31. The first-order chi connectivity index (χ1) is 17.2. The van der Waals surface area contributed by atoms with Gasteiger partial charge in [-0.15, -0.1) is 0 Å². The summed E-state index contributed by atoms with van der Waals surface area (Å²) >= 11 is 0. The van der Waals surface area contributed by atoms with Crippen molar-refractivity contribution >= 4 is 5.91 Å². The molecule has 2 aliphatic heterocycles. The largest absolute Gasteiger partial charge is 0.490 e. The minimum atomic E-state index is -4.35. The molecule has 2 saturated heterocycles. The maximum absolute atomic E-state index is 12.9. The molecule has 0 radical (unpaired) electrons. The maximum atomic E-state index is 12.9. The van der Waals surface area contributed by atoms with E-state index >= 15 is 0 Å². The van der Waals surface area contributed by atoms with Crippen LogP contribution in [-0.4, -0.2) is 48.3 Å². The van der Waals surface area contributed by atoms with Gasteiger partial charge >= 0.3 is 6.18 Å². The third-order valence-electron chi connectivity index (χ3n) is 6.78. The number of carbonyl (C=O) groups excluding carboxylic acids is 1. The summed E-state index contributed by atoms with van der Waals surface area (Å²) in [4.78, 5) is 14.7. The smallest absolute Gasteiger partial charge is 0.416 e. The fourth-order valence-corrected chi connectivity index (χ4v) is 4.51. The summed E-state index contributed by atoms with van der Waals surface area (Å²) in [5, 5.41) is 10.3. The third-order valence-corrected chi connectivity index (χ3v) is 6.78. The van der Waals surface area contributed by atoms with E-state index < -0.39 is 17.3 Å². The van der Waals surface area contributed by atoms with E-state index in [1.807, 2.05) is 29.2 Å². The monoisotopic (exact) mass is 497 g/mol. The molecule has 0 aliphatic carbocycles. The molecule has 188 valence electrons. The van der Waals surface area contributed by atoms with Crippen molar-refractivity contribution in [1.29, 1.82) is 0 Å². The Bertz CT molecular complexity index is 1200. The van der Waals surface area contributed by atoms with Crippen molar-refractivity contribution in [2.24, 2.45) is 0 Å². The number of benzene rings is 3. The van der Waals surface area contributed by atoms with Crippen LogP contribution in [-0.2, 0) is 16.5 Å². The summed E-state index contributed by atoms with van der Waals surface area (Å²) in [5.74, 6) is 0.640. The van der Waals surface area contributed by atoms with Gasteiger partial charge in [-0.05, 0) is 53.1 Å². The standard InChI is InChI=1S/C28H26F3NO4/c29-28(30,31)23-9-1-19(2-10-23)20-5-11-24(12-6-20)36-25-13-15-32(16-14-25)26(33)21-3-7-22(8-4-21)27(34)17-35-18-27/h1-12,25,34H,13-18H2. The van der Waals surface area contributed by atoms with Crippen LogP contribution in [0, 0.1) is 0 Å². The molecule has 36 heavy (non-hydrogen) atoms. The minimum absolute atomic E-state index is 0.0267. The lowest BCUT2D eigenvalue weighted by Gasteiger charge is -2.37. The van der Waals surface area contributed by atoms with Crippen molar-refractivity contribution in [1.82, 2.24) is 4.90 Å². The van der Waals surface area contributed by atoms with E-state index in [-0.39, 0.29) is 25.2 Å². The van der Waals surface area contributed by atoms with E-state index in [0.717, 1.165) is 23.3 Å². The van der Waals surface area contributed by atoms with Crippen LogP contribution in [0.1, 0.15) is 34.3 Å². The Balaban J connectivity index is 1.13. The van der Waals surface area contributed by atoms with Gasteiger partial charge in [0.15, 0.2) is 0 Å². The zero-order chi connectivity index (χ0) is 25.3.